The van der Waals surface area contributed by atoms with Gasteiger partial charge in [0.1, 0.15) is 5.82 Å². The number of hydrogen-bond acceptors (Lipinski definition) is 5. The molecule has 1 aromatic heterocycles. The molecule has 0 radical (unpaired) electrons. The first-order chi connectivity index (χ1) is 15.9. The topological polar surface area (TPSA) is 64.3 Å². The molecule has 33 heavy (non-hydrogen) atoms. The minimum Gasteiger partial charge on any atom is -0.376 e. The average Bonchev–Trinajstić information content (AvgIpc) is 3.44. The number of hydrogen-bond donors (Lipinski definition) is 1. The third-order valence-corrected chi connectivity index (χ3v) is 6.14. The second-order valence-corrected chi connectivity index (χ2v) is 8.66. The zero-order valence-corrected chi connectivity index (χ0v) is 19.6. The number of carbonyl (C=O) groups excluding carboxylic acids is 1. The maximum Gasteiger partial charge on any atom is 0.251 e. The van der Waals surface area contributed by atoms with Crippen LogP contribution in [0.3, 0.4) is 0 Å². The van der Waals surface area contributed by atoms with E-state index in [4.69, 9.17) is 22.1 Å². The van der Waals surface area contributed by atoms with Gasteiger partial charge in [0.05, 0.1) is 19.3 Å². The smallest absolute Gasteiger partial charge is 0.251 e. The number of aromatic nitrogens is 3. The second kappa shape index (κ2) is 10.4. The first-order valence-electron chi connectivity index (χ1n) is 11.0. The Morgan fingerprint density at radius 1 is 1.24 bits per heavy atom. The molecule has 0 spiro atoms. The van der Waals surface area contributed by atoms with E-state index in [1.165, 1.54) is 12.1 Å². The van der Waals surface area contributed by atoms with Crippen LogP contribution in [0.15, 0.2) is 48.5 Å². The predicted molar refractivity (Wildman–Crippen MR) is 127 cm³/mol. The van der Waals surface area contributed by atoms with Crippen LogP contribution in [0, 0.1) is 10.6 Å². The molecule has 7 nitrogen and oxygen atoms in total. The molecule has 2 heterocycles. The zero-order chi connectivity index (χ0) is 23.4. The highest BCUT2D eigenvalue weighted by Crippen LogP contribution is 2.22. The van der Waals surface area contributed by atoms with Crippen molar-refractivity contribution in [3.05, 3.63) is 70.2 Å². The van der Waals surface area contributed by atoms with Crippen LogP contribution >= 0.6 is 12.2 Å². The molecule has 9 heteroatoms. The molecule has 1 fully saturated rings. The van der Waals surface area contributed by atoms with Gasteiger partial charge in [0, 0.05) is 31.3 Å². The monoisotopic (exact) mass is 469 g/mol. The summed E-state index contributed by atoms with van der Waals surface area (Å²) < 4.78 is 23.7. The van der Waals surface area contributed by atoms with Crippen molar-refractivity contribution < 1.29 is 13.9 Å². The Balaban J connectivity index is 1.54. The fraction of sp³-hybridized carbons (Fsp3) is 0.375. The number of carbonyl (C=O) groups is 1. The average molecular weight is 470 g/mol. The van der Waals surface area contributed by atoms with E-state index in [0.29, 0.717) is 35.9 Å². The van der Waals surface area contributed by atoms with Gasteiger partial charge in [0.15, 0.2) is 10.6 Å². The Labute approximate surface area is 197 Å². The van der Waals surface area contributed by atoms with Crippen molar-refractivity contribution in [1.29, 1.82) is 0 Å². The van der Waals surface area contributed by atoms with E-state index >= 15 is 0 Å². The summed E-state index contributed by atoms with van der Waals surface area (Å²) in [6, 6.07) is 13.8. The summed E-state index contributed by atoms with van der Waals surface area (Å²) >= 11 is 5.78. The summed E-state index contributed by atoms with van der Waals surface area (Å²) in [6.45, 7) is 2.54. The SMILES string of the molecule is CNC(=O)c1ccc(CN(C)Cn2nc(-c3ccc(F)cc3)n(CC3CCCO3)c2=S)cc1. The van der Waals surface area contributed by atoms with Crippen LogP contribution in [0.1, 0.15) is 28.8 Å². The van der Waals surface area contributed by atoms with E-state index in [9.17, 15) is 9.18 Å². The quantitative estimate of drug-likeness (QED) is 0.508. The fourth-order valence-electron chi connectivity index (χ4n) is 4.00. The van der Waals surface area contributed by atoms with Gasteiger partial charge >= 0.3 is 0 Å². The standard InChI is InChI=1S/C24H28FN5O2S/c1-26-23(31)19-7-5-17(6-8-19)14-28(2)16-30-24(33)29(15-21-4-3-13-32-21)22(27-30)18-9-11-20(25)12-10-18/h5-12,21H,3-4,13-16H2,1-2H3,(H,26,31). The number of rotatable bonds is 8. The van der Waals surface area contributed by atoms with Gasteiger partial charge in [-0.05, 0) is 74.1 Å². The van der Waals surface area contributed by atoms with Gasteiger partial charge in [0.2, 0.25) is 0 Å². The van der Waals surface area contributed by atoms with Crippen LogP contribution in [0.2, 0.25) is 0 Å². The van der Waals surface area contributed by atoms with Crippen molar-refractivity contribution >= 4 is 18.1 Å². The fourth-order valence-corrected chi connectivity index (χ4v) is 4.26. The highest BCUT2D eigenvalue weighted by Gasteiger charge is 2.21. The van der Waals surface area contributed by atoms with Gasteiger partial charge in [-0.1, -0.05) is 12.1 Å². The lowest BCUT2D eigenvalue weighted by atomic mass is 10.1. The second-order valence-electron chi connectivity index (χ2n) is 8.29. The first kappa shape index (κ1) is 23.3. The summed E-state index contributed by atoms with van der Waals surface area (Å²) in [5.74, 6) is 0.315. The maximum absolute atomic E-state index is 13.5. The molecule has 174 valence electrons. The highest BCUT2D eigenvalue weighted by atomic mass is 32.1. The van der Waals surface area contributed by atoms with Gasteiger partial charge in [-0.25, -0.2) is 9.07 Å². The Morgan fingerprint density at radius 2 is 1.97 bits per heavy atom. The molecule has 0 saturated carbocycles. The molecule has 3 aromatic rings. The third kappa shape index (κ3) is 5.55. The van der Waals surface area contributed by atoms with Crippen LogP contribution in [0.5, 0.6) is 0 Å². The van der Waals surface area contributed by atoms with Gasteiger partial charge in [0.25, 0.3) is 5.91 Å². The molecule has 2 aromatic carbocycles. The van der Waals surface area contributed by atoms with Crippen LogP contribution in [0.4, 0.5) is 4.39 Å². The highest BCUT2D eigenvalue weighted by molar-refractivity contribution is 7.71. The van der Waals surface area contributed by atoms with Gasteiger partial charge in [-0.2, -0.15) is 5.10 Å². The van der Waals surface area contributed by atoms with Gasteiger partial charge < -0.3 is 10.1 Å². The van der Waals surface area contributed by atoms with Crippen molar-refractivity contribution in [2.24, 2.45) is 0 Å². The minimum atomic E-state index is -0.287. The molecule has 1 aliphatic rings. The molecule has 1 amide bonds. The van der Waals surface area contributed by atoms with Crippen LogP contribution < -0.4 is 5.32 Å². The van der Waals surface area contributed by atoms with Crippen molar-refractivity contribution in [2.45, 2.75) is 38.7 Å². The minimum absolute atomic E-state index is 0.102. The Morgan fingerprint density at radius 3 is 2.61 bits per heavy atom. The van der Waals surface area contributed by atoms with E-state index in [1.807, 2.05) is 35.9 Å². The van der Waals surface area contributed by atoms with E-state index in [-0.39, 0.29) is 17.8 Å². The van der Waals surface area contributed by atoms with E-state index < -0.39 is 0 Å². The van der Waals surface area contributed by atoms with Crippen molar-refractivity contribution in [3.8, 4) is 11.4 Å². The third-order valence-electron chi connectivity index (χ3n) is 5.71. The Bertz CT molecular complexity index is 1150. The van der Waals surface area contributed by atoms with E-state index in [0.717, 1.165) is 30.6 Å². The van der Waals surface area contributed by atoms with Crippen LogP contribution in [-0.2, 0) is 24.5 Å². The summed E-state index contributed by atoms with van der Waals surface area (Å²) in [7, 11) is 3.61. The molecule has 1 saturated heterocycles. The summed E-state index contributed by atoms with van der Waals surface area (Å²) in [5, 5.41) is 7.41. The number of amides is 1. The number of benzene rings is 2. The summed E-state index contributed by atoms with van der Waals surface area (Å²) in [5.41, 5.74) is 2.52. The normalized spacial score (nSPS) is 15.8. The zero-order valence-electron chi connectivity index (χ0n) is 18.8. The Hall–Kier alpha value is -2.88. The number of nitrogens with one attached hydrogen (secondary N) is 1. The maximum atomic E-state index is 13.5. The summed E-state index contributed by atoms with van der Waals surface area (Å²) in [4.78, 5) is 13.8. The number of halogens is 1. The molecule has 1 unspecified atom stereocenters. The number of nitrogens with zero attached hydrogens (tertiary/aromatic N) is 4. The largest absolute Gasteiger partial charge is 0.376 e. The number of ether oxygens (including phenoxy) is 1. The summed E-state index contributed by atoms with van der Waals surface area (Å²) in [6.07, 6.45) is 2.13. The van der Waals surface area contributed by atoms with Crippen LogP contribution in [-0.4, -0.2) is 52.0 Å². The lowest BCUT2D eigenvalue weighted by Crippen LogP contribution is -2.23. The lowest BCUT2D eigenvalue weighted by Gasteiger charge is -2.17. The molecule has 0 bridgehead atoms. The molecule has 1 atom stereocenters. The van der Waals surface area contributed by atoms with Gasteiger partial charge in [-0.3, -0.25) is 14.3 Å². The molecule has 0 aliphatic carbocycles. The van der Waals surface area contributed by atoms with Crippen molar-refractivity contribution in [3.63, 3.8) is 0 Å². The van der Waals surface area contributed by atoms with E-state index in [2.05, 4.69) is 10.2 Å². The molecular weight excluding hydrogens is 441 g/mol. The predicted octanol–water partition coefficient (Wildman–Crippen LogP) is 3.85. The van der Waals surface area contributed by atoms with E-state index in [1.54, 1.807) is 23.9 Å². The molecular formula is C24H28FN5O2S. The molecule has 4 rings (SSSR count). The Kier molecular flexibility index (Phi) is 7.32. The van der Waals surface area contributed by atoms with Crippen molar-refractivity contribution in [1.82, 2.24) is 24.6 Å². The van der Waals surface area contributed by atoms with Crippen molar-refractivity contribution in [2.75, 3.05) is 20.7 Å². The first-order valence-corrected chi connectivity index (χ1v) is 11.4. The van der Waals surface area contributed by atoms with Gasteiger partial charge in [-0.15, -0.1) is 0 Å². The lowest BCUT2D eigenvalue weighted by molar-refractivity contribution is 0.0961. The molecule has 1 aliphatic heterocycles. The van der Waals surface area contributed by atoms with Crippen LogP contribution in [0.25, 0.3) is 11.4 Å². The molecule has 1 N–H and O–H groups in total.